The van der Waals surface area contributed by atoms with Crippen LogP contribution in [0.2, 0.25) is 0 Å². The second kappa shape index (κ2) is 11.6. The molecule has 2 heterocycles. The number of carbonyl (C=O) groups excluding carboxylic acids is 2. The number of carbonyl (C=O) groups is 2. The van der Waals surface area contributed by atoms with E-state index in [9.17, 15) is 14.0 Å². The Morgan fingerprint density at radius 2 is 1.76 bits per heavy atom. The third-order valence-corrected chi connectivity index (χ3v) is 7.10. The predicted octanol–water partition coefficient (Wildman–Crippen LogP) is 3.88. The van der Waals surface area contributed by atoms with Crippen molar-refractivity contribution in [3.8, 4) is 17.0 Å². The number of ether oxygens (including phenoxy) is 1. The lowest BCUT2D eigenvalue weighted by atomic mass is 10.1. The summed E-state index contributed by atoms with van der Waals surface area (Å²) in [5.41, 5.74) is 1.75. The van der Waals surface area contributed by atoms with E-state index >= 15 is 0 Å². The zero-order valence-electron chi connectivity index (χ0n) is 21.6. The first-order valence-corrected chi connectivity index (χ1v) is 13.1. The lowest BCUT2D eigenvalue weighted by molar-refractivity contribution is -0.131. The zero-order valence-corrected chi connectivity index (χ0v) is 21.6. The second-order valence-corrected chi connectivity index (χ2v) is 9.84. The van der Waals surface area contributed by atoms with E-state index in [1.807, 2.05) is 36.4 Å². The molecule has 0 bridgehead atoms. The van der Waals surface area contributed by atoms with Crippen LogP contribution >= 0.6 is 0 Å². The normalized spacial score (nSPS) is 15.6. The van der Waals surface area contributed by atoms with Crippen LogP contribution in [0.15, 0.2) is 60.7 Å². The van der Waals surface area contributed by atoms with Gasteiger partial charge in [0.15, 0.2) is 5.82 Å². The smallest absolute Gasteiger partial charge is 0.257 e. The number of hydrogen-bond donors (Lipinski definition) is 0. The number of rotatable bonds is 8. The van der Waals surface area contributed by atoms with Crippen molar-refractivity contribution < 1.29 is 18.7 Å². The monoisotopic (exact) mass is 517 g/mol. The molecule has 5 rings (SSSR count). The number of aromatic nitrogens is 2. The molecule has 1 saturated carbocycles. The highest BCUT2D eigenvalue weighted by atomic mass is 19.1. The molecule has 0 atom stereocenters. The van der Waals surface area contributed by atoms with Crippen LogP contribution in [-0.2, 0) is 4.79 Å². The number of benzene rings is 2. The zero-order chi connectivity index (χ0) is 26.5. The van der Waals surface area contributed by atoms with Crippen molar-refractivity contribution in [2.75, 3.05) is 51.3 Å². The van der Waals surface area contributed by atoms with Gasteiger partial charge in [-0.25, -0.2) is 4.39 Å². The molecule has 2 aromatic carbocycles. The van der Waals surface area contributed by atoms with Gasteiger partial charge in [0.05, 0.1) is 18.4 Å². The minimum atomic E-state index is -0.560. The molecule has 0 radical (unpaired) electrons. The fourth-order valence-electron chi connectivity index (χ4n) is 4.71. The van der Waals surface area contributed by atoms with Crippen molar-refractivity contribution in [3.05, 3.63) is 72.0 Å². The average molecular weight is 518 g/mol. The van der Waals surface area contributed by atoms with Crippen LogP contribution in [0.5, 0.6) is 5.75 Å². The van der Waals surface area contributed by atoms with Crippen LogP contribution in [0.25, 0.3) is 11.3 Å². The van der Waals surface area contributed by atoms with Gasteiger partial charge in [-0.05, 0) is 73.7 Å². The molecule has 8 nitrogen and oxygen atoms in total. The summed E-state index contributed by atoms with van der Waals surface area (Å²) in [6.45, 7) is 2.92. The number of hydrogen-bond acceptors (Lipinski definition) is 6. The molecule has 198 valence electrons. The van der Waals surface area contributed by atoms with Gasteiger partial charge in [-0.2, -0.15) is 0 Å². The van der Waals surface area contributed by atoms with E-state index in [1.165, 1.54) is 17.0 Å². The van der Waals surface area contributed by atoms with E-state index in [-0.39, 0.29) is 18.0 Å². The topological polar surface area (TPSA) is 78.9 Å². The summed E-state index contributed by atoms with van der Waals surface area (Å²) in [5.74, 6) is 0.842. The quantitative estimate of drug-likeness (QED) is 0.451. The van der Waals surface area contributed by atoms with Gasteiger partial charge in [-0.15, -0.1) is 10.2 Å². The number of methoxy groups -OCH3 is 1. The summed E-state index contributed by atoms with van der Waals surface area (Å²) in [6, 6.07) is 17.5. The van der Waals surface area contributed by atoms with Crippen molar-refractivity contribution in [1.29, 1.82) is 0 Å². The van der Waals surface area contributed by atoms with Crippen LogP contribution < -0.4 is 9.64 Å². The summed E-state index contributed by atoms with van der Waals surface area (Å²) in [6.07, 6.45) is 2.84. The van der Waals surface area contributed by atoms with E-state index < -0.39 is 11.7 Å². The highest BCUT2D eigenvalue weighted by Crippen LogP contribution is 2.30. The number of nitrogens with zero attached hydrogens (tertiary/aromatic N) is 5. The fourth-order valence-corrected chi connectivity index (χ4v) is 4.71. The van der Waals surface area contributed by atoms with Gasteiger partial charge < -0.3 is 19.4 Å². The molecule has 1 aliphatic heterocycles. The van der Waals surface area contributed by atoms with Crippen molar-refractivity contribution in [1.82, 2.24) is 20.0 Å². The molecule has 9 heteroatoms. The van der Waals surface area contributed by atoms with Gasteiger partial charge in [0, 0.05) is 38.3 Å². The van der Waals surface area contributed by atoms with E-state index in [2.05, 4.69) is 15.1 Å². The van der Waals surface area contributed by atoms with Crippen molar-refractivity contribution >= 4 is 17.6 Å². The van der Waals surface area contributed by atoms with Gasteiger partial charge in [0.2, 0.25) is 5.91 Å². The maximum Gasteiger partial charge on any atom is 0.257 e. The molecule has 0 unspecified atom stereocenters. The fraction of sp³-hybridized carbons (Fsp3) is 0.379. The standard InChI is InChI=1S/C29H32FN5O3/c1-38-23-11-9-22(10-12-23)26-13-14-27(32-31-26)33-15-4-16-34(18-17-33)28(36)20-35(19-21-7-8-21)29(37)24-5-2-3-6-25(24)30/h2-3,5-6,9-14,21H,4,7-8,15-20H2,1H3. The lowest BCUT2D eigenvalue weighted by Gasteiger charge is -2.27. The van der Waals surface area contributed by atoms with Crippen LogP contribution in [-0.4, -0.2) is 78.2 Å². The Labute approximate surface area is 222 Å². The average Bonchev–Trinajstić information content (AvgIpc) is 3.80. The first-order chi connectivity index (χ1) is 18.5. The first kappa shape index (κ1) is 25.6. The molecule has 3 aromatic rings. The van der Waals surface area contributed by atoms with Gasteiger partial charge >= 0.3 is 0 Å². The Morgan fingerprint density at radius 3 is 2.45 bits per heavy atom. The minimum Gasteiger partial charge on any atom is -0.497 e. The van der Waals surface area contributed by atoms with Crippen molar-refractivity contribution in [3.63, 3.8) is 0 Å². The molecule has 0 spiro atoms. The minimum absolute atomic E-state index is 0.0136. The third-order valence-electron chi connectivity index (χ3n) is 7.10. The molecule has 38 heavy (non-hydrogen) atoms. The molecule has 1 aliphatic carbocycles. The maximum atomic E-state index is 14.3. The van der Waals surface area contributed by atoms with Crippen molar-refractivity contribution in [2.45, 2.75) is 19.3 Å². The molecule has 2 aliphatic rings. The summed E-state index contributed by atoms with van der Waals surface area (Å²) >= 11 is 0. The van der Waals surface area contributed by atoms with E-state index in [1.54, 1.807) is 24.1 Å². The first-order valence-electron chi connectivity index (χ1n) is 13.1. The molecule has 1 aromatic heterocycles. The van der Waals surface area contributed by atoms with Crippen LogP contribution in [0.4, 0.5) is 10.2 Å². The molecule has 2 amide bonds. The van der Waals surface area contributed by atoms with Gasteiger partial charge in [-0.3, -0.25) is 9.59 Å². The highest BCUT2D eigenvalue weighted by molar-refractivity contribution is 5.96. The predicted molar refractivity (Wildman–Crippen MR) is 142 cm³/mol. The van der Waals surface area contributed by atoms with Crippen LogP contribution in [0.3, 0.4) is 0 Å². The summed E-state index contributed by atoms with van der Waals surface area (Å²) in [4.78, 5) is 31.8. The van der Waals surface area contributed by atoms with Crippen LogP contribution in [0, 0.1) is 11.7 Å². The Bertz CT molecular complexity index is 1260. The summed E-state index contributed by atoms with van der Waals surface area (Å²) in [5, 5.41) is 8.84. The highest BCUT2D eigenvalue weighted by Gasteiger charge is 2.31. The molecular formula is C29H32FN5O3. The van der Waals surface area contributed by atoms with Gasteiger partial charge in [0.1, 0.15) is 18.1 Å². The molecular weight excluding hydrogens is 485 g/mol. The van der Waals surface area contributed by atoms with Crippen LogP contribution in [0.1, 0.15) is 29.6 Å². The SMILES string of the molecule is COc1ccc(-c2ccc(N3CCCN(C(=O)CN(CC4CC4)C(=O)c4ccccc4F)CC3)nn2)cc1. The number of amides is 2. The largest absolute Gasteiger partial charge is 0.497 e. The molecule has 0 N–H and O–H groups in total. The molecule has 2 fully saturated rings. The second-order valence-electron chi connectivity index (χ2n) is 9.84. The summed E-state index contributed by atoms with van der Waals surface area (Å²) in [7, 11) is 1.63. The van der Waals surface area contributed by atoms with E-state index in [0.717, 1.165) is 48.6 Å². The third kappa shape index (κ3) is 6.10. The Hall–Kier alpha value is -4.01. The van der Waals surface area contributed by atoms with E-state index in [0.29, 0.717) is 32.1 Å². The lowest BCUT2D eigenvalue weighted by Crippen LogP contribution is -2.45. The van der Waals surface area contributed by atoms with Gasteiger partial charge in [0.25, 0.3) is 5.91 Å². The Kier molecular flexibility index (Phi) is 7.81. The number of halogens is 1. The maximum absolute atomic E-state index is 14.3. The Balaban J connectivity index is 1.20. The molecule has 1 saturated heterocycles. The van der Waals surface area contributed by atoms with Crippen molar-refractivity contribution in [2.24, 2.45) is 5.92 Å². The summed E-state index contributed by atoms with van der Waals surface area (Å²) < 4.78 is 19.5. The van der Waals surface area contributed by atoms with E-state index in [4.69, 9.17) is 4.74 Å². The number of anilines is 1. The van der Waals surface area contributed by atoms with Gasteiger partial charge in [-0.1, -0.05) is 12.1 Å². The Morgan fingerprint density at radius 1 is 0.974 bits per heavy atom.